The molecule has 0 spiro atoms. The van der Waals surface area contributed by atoms with E-state index in [1.165, 1.54) is 6.07 Å². The minimum absolute atomic E-state index is 0.228. The molecule has 0 unspecified atom stereocenters. The average molecular weight is 322 g/mol. The van der Waals surface area contributed by atoms with Crippen molar-refractivity contribution in [1.29, 1.82) is 0 Å². The number of halogens is 1. The summed E-state index contributed by atoms with van der Waals surface area (Å²) in [5, 5.41) is 6.38. The molecule has 2 aromatic carbocycles. The molecule has 0 saturated heterocycles. The van der Waals surface area contributed by atoms with E-state index in [-0.39, 0.29) is 5.82 Å². The Kier molecular flexibility index (Phi) is 4.70. The Morgan fingerprint density at radius 1 is 0.958 bits per heavy atom. The van der Waals surface area contributed by atoms with Crippen LogP contribution < -0.4 is 10.6 Å². The Balaban J connectivity index is 1.77. The highest BCUT2D eigenvalue weighted by Gasteiger charge is 2.06. The maximum atomic E-state index is 13.7. The molecule has 5 heteroatoms. The van der Waals surface area contributed by atoms with Gasteiger partial charge >= 0.3 is 0 Å². The summed E-state index contributed by atoms with van der Waals surface area (Å²) in [5.41, 5.74) is 3.51. The molecule has 122 valence electrons. The van der Waals surface area contributed by atoms with Gasteiger partial charge in [-0.2, -0.15) is 4.98 Å². The highest BCUT2D eigenvalue weighted by Crippen LogP contribution is 2.19. The molecule has 0 saturated carbocycles. The van der Waals surface area contributed by atoms with Gasteiger partial charge in [0.2, 0.25) is 5.95 Å². The van der Waals surface area contributed by atoms with Crippen LogP contribution in [0.3, 0.4) is 0 Å². The molecule has 0 fully saturated rings. The Hall–Kier alpha value is -2.95. The Morgan fingerprint density at radius 2 is 1.71 bits per heavy atom. The maximum absolute atomic E-state index is 13.7. The first kappa shape index (κ1) is 15.9. The first-order chi connectivity index (χ1) is 11.6. The van der Waals surface area contributed by atoms with Gasteiger partial charge in [0, 0.05) is 29.6 Å². The first-order valence-corrected chi connectivity index (χ1v) is 7.77. The lowest BCUT2D eigenvalue weighted by molar-refractivity contribution is 0.613. The number of rotatable bonds is 5. The topological polar surface area (TPSA) is 49.8 Å². The fourth-order valence-electron chi connectivity index (χ4n) is 2.38. The zero-order valence-corrected chi connectivity index (χ0v) is 13.7. The quantitative estimate of drug-likeness (QED) is 0.721. The number of para-hydroxylation sites is 1. The van der Waals surface area contributed by atoms with E-state index >= 15 is 0 Å². The lowest BCUT2D eigenvalue weighted by atomic mass is 10.2. The van der Waals surface area contributed by atoms with E-state index in [1.807, 2.05) is 50.2 Å². The zero-order chi connectivity index (χ0) is 16.9. The van der Waals surface area contributed by atoms with Crippen LogP contribution in [0, 0.1) is 19.7 Å². The normalized spacial score (nSPS) is 10.5. The zero-order valence-electron chi connectivity index (χ0n) is 13.7. The van der Waals surface area contributed by atoms with E-state index < -0.39 is 0 Å². The van der Waals surface area contributed by atoms with Gasteiger partial charge in [-0.1, -0.05) is 36.4 Å². The second kappa shape index (κ2) is 7.08. The fourth-order valence-corrected chi connectivity index (χ4v) is 2.38. The monoisotopic (exact) mass is 322 g/mol. The molecular formula is C19H19FN4. The van der Waals surface area contributed by atoms with Crippen LogP contribution in [0.1, 0.15) is 16.8 Å². The largest absolute Gasteiger partial charge is 0.366 e. The van der Waals surface area contributed by atoms with Crippen LogP contribution in [-0.4, -0.2) is 9.97 Å². The number of nitrogens with one attached hydrogen (secondary N) is 2. The summed E-state index contributed by atoms with van der Waals surface area (Å²) in [7, 11) is 0. The predicted octanol–water partition coefficient (Wildman–Crippen LogP) is 4.59. The smallest absolute Gasteiger partial charge is 0.229 e. The molecule has 0 aliphatic carbocycles. The van der Waals surface area contributed by atoms with Gasteiger partial charge in [-0.15, -0.1) is 0 Å². The van der Waals surface area contributed by atoms with Crippen LogP contribution in [0.2, 0.25) is 0 Å². The predicted molar refractivity (Wildman–Crippen MR) is 95.0 cm³/mol. The third kappa shape index (κ3) is 3.87. The lowest BCUT2D eigenvalue weighted by Gasteiger charge is -2.11. The third-order valence-electron chi connectivity index (χ3n) is 3.66. The Morgan fingerprint density at radius 3 is 2.50 bits per heavy atom. The van der Waals surface area contributed by atoms with Crippen LogP contribution in [0.25, 0.3) is 0 Å². The van der Waals surface area contributed by atoms with Crippen molar-refractivity contribution in [3.63, 3.8) is 0 Å². The van der Waals surface area contributed by atoms with Crippen molar-refractivity contribution in [3.05, 3.63) is 77.2 Å². The van der Waals surface area contributed by atoms with Gasteiger partial charge in [-0.3, -0.25) is 0 Å². The van der Waals surface area contributed by atoms with Crippen molar-refractivity contribution in [2.24, 2.45) is 0 Å². The molecule has 24 heavy (non-hydrogen) atoms. The molecule has 3 aromatic rings. The van der Waals surface area contributed by atoms with Crippen LogP contribution in [0.15, 0.2) is 54.6 Å². The Labute approximate surface area is 140 Å². The van der Waals surface area contributed by atoms with Crippen LogP contribution in [0.5, 0.6) is 0 Å². The Bertz CT molecular complexity index is 848. The minimum Gasteiger partial charge on any atom is -0.366 e. The van der Waals surface area contributed by atoms with E-state index in [9.17, 15) is 4.39 Å². The molecule has 0 aliphatic heterocycles. The molecular weight excluding hydrogens is 303 g/mol. The molecule has 0 atom stereocenters. The average Bonchev–Trinajstić information content (AvgIpc) is 2.56. The van der Waals surface area contributed by atoms with Gasteiger partial charge in [0.1, 0.15) is 11.6 Å². The molecule has 0 aliphatic rings. The van der Waals surface area contributed by atoms with Crippen molar-refractivity contribution in [3.8, 4) is 0 Å². The van der Waals surface area contributed by atoms with Crippen molar-refractivity contribution >= 4 is 17.5 Å². The summed E-state index contributed by atoms with van der Waals surface area (Å²) in [5.74, 6) is 0.941. The molecule has 0 radical (unpaired) electrons. The van der Waals surface area contributed by atoms with Crippen molar-refractivity contribution in [2.75, 3.05) is 10.6 Å². The second-order valence-corrected chi connectivity index (χ2v) is 5.60. The van der Waals surface area contributed by atoms with Crippen molar-refractivity contribution in [1.82, 2.24) is 9.97 Å². The third-order valence-corrected chi connectivity index (χ3v) is 3.66. The van der Waals surface area contributed by atoms with Gasteiger partial charge in [-0.05, 0) is 31.5 Å². The van der Waals surface area contributed by atoms with Crippen LogP contribution in [0.4, 0.5) is 21.8 Å². The molecule has 0 amide bonds. The molecule has 0 bridgehead atoms. The van der Waals surface area contributed by atoms with Crippen LogP contribution >= 0.6 is 0 Å². The molecule has 3 rings (SSSR count). The van der Waals surface area contributed by atoms with E-state index in [4.69, 9.17) is 0 Å². The number of hydrogen-bond acceptors (Lipinski definition) is 4. The highest BCUT2D eigenvalue weighted by molar-refractivity contribution is 5.59. The fraction of sp³-hybridized carbons (Fsp3) is 0.158. The first-order valence-electron chi connectivity index (χ1n) is 7.77. The summed E-state index contributed by atoms with van der Waals surface area (Å²) in [6.07, 6.45) is 0. The summed E-state index contributed by atoms with van der Waals surface area (Å²) in [4.78, 5) is 8.87. The number of aromatic nitrogens is 2. The van der Waals surface area contributed by atoms with Gasteiger partial charge in [-0.25, -0.2) is 9.37 Å². The van der Waals surface area contributed by atoms with E-state index in [0.29, 0.717) is 23.9 Å². The second-order valence-electron chi connectivity index (χ2n) is 5.60. The van der Waals surface area contributed by atoms with Gasteiger partial charge < -0.3 is 10.6 Å². The van der Waals surface area contributed by atoms with E-state index in [2.05, 4.69) is 20.6 Å². The maximum Gasteiger partial charge on any atom is 0.229 e. The van der Waals surface area contributed by atoms with Gasteiger partial charge in [0.15, 0.2) is 0 Å². The number of anilines is 3. The SMILES string of the molecule is Cc1cc(NCc2ccccc2F)nc(Nc2ccccc2C)n1. The van der Waals surface area contributed by atoms with Crippen molar-refractivity contribution < 1.29 is 4.39 Å². The standard InChI is InChI=1S/C19H19FN4/c1-13-7-3-6-10-17(13)23-19-22-14(2)11-18(24-19)21-12-15-8-4-5-9-16(15)20/h3-11H,12H2,1-2H3,(H2,21,22,23,24). The summed E-state index contributed by atoms with van der Waals surface area (Å²) < 4.78 is 13.7. The molecule has 1 heterocycles. The van der Waals surface area contributed by atoms with Crippen LogP contribution in [-0.2, 0) is 6.54 Å². The molecule has 1 aromatic heterocycles. The number of hydrogen-bond donors (Lipinski definition) is 2. The number of benzene rings is 2. The van der Waals surface area contributed by atoms with E-state index in [1.54, 1.807) is 12.1 Å². The highest BCUT2D eigenvalue weighted by atomic mass is 19.1. The molecule has 4 nitrogen and oxygen atoms in total. The number of aryl methyl sites for hydroxylation is 2. The van der Waals surface area contributed by atoms with Gasteiger partial charge in [0.25, 0.3) is 0 Å². The summed E-state index contributed by atoms with van der Waals surface area (Å²) >= 11 is 0. The van der Waals surface area contributed by atoms with E-state index in [0.717, 1.165) is 16.9 Å². The minimum atomic E-state index is -0.228. The molecule has 2 N–H and O–H groups in total. The van der Waals surface area contributed by atoms with Gasteiger partial charge in [0.05, 0.1) is 0 Å². The number of nitrogens with zero attached hydrogens (tertiary/aromatic N) is 2. The van der Waals surface area contributed by atoms with Crippen molar-refractivity contribution in [2.45, 2.75) is 20.4 Å². The lowest BCUT2D eigenvalue weighted by Crippen LogP contribution is -2.07. The summed E-state index contributed by atoms with van der Waals surface area (Å²) in [6, 6.07) is 16.5. The summed E-state index contributed by atoms with van der Waals surface area (Å²) in [6.45, 7) is 4.29.